The topological polar surface area (TPSA) is 75.4 Å². The summed E-state index contributed by atoms with van der Waals surface area (Å²) in [6, 6.07) is 7.11. The van der Waals surface area contributed by atoms with Crippen LogP contribution >= 0.6 is 0 Å². The van der Waals surface area contributed by atoms with Crippen LogP contribution in [-0.2, 0) is 11.4 Å². The van der Waals surface area contributed by atoms with Crippen LogP contribution in [0, 0.1) is 0 Å². The average Bonchev–Trinajstić information content (AvgIpc) is 2.29. The number of carbonyl (C=O) groups excluding carboxylic acids is 1. The third-order valence-corrected chi connectivity index (χ3v) is 2.69. The van der Waals surface area contributed by atoms with Crippen molar-refractivity contribution in [1.29, 1.82) is 0 Å². The zero-order valence-electron chi connectivity index (χ0n) is 9.66. The Labute approximate surface area is 95.5 Å². The molecule has 1 aromatic rings. The van der Waals surface area contributed by atoms with Crippen LogP contribution < -0.4 is 11.1 Å². The summed E-state index contributed by atoms with van der Waals surface area (Å²) in [5.74, 6) is -0.240. The van der Waals surface area contributed by atoms with Gasteiger partial charge in [-0.2, -0.15) is 0 Å². The van der Waals surface area contributed by atoms with Gasteiger partial charge in [-0.15, -0.1) is 0 Å². The molecule has 0 aliphatic carbocycles. The SMILES string of the molecule is CCC(C)(N)C(=O)Nc1ccccc1CO. The first-order valence-corrected chi connectivity index (χ1v) is 5.30. The van der Waals surface area contributed by atoms with Gasteiger partial charge in [0.2, 0.25) is 5.91 Å². The molecule has 0 saturated carbocycles. The lowest BCUT2D eigenvalue weighted by Crippen LogP contribution is -2.47. The Kier molecular flexibility index (Phi) is 4.04. The molecule has 1 aromatic carbocycles. The van der Waals surface area contributed by atoms with Gasteiger partial charge in [0.25, 0.3) is 0 Å². The van der Waals surface area contributed by atoms with Crippen molar-refractivity contribution in [2.75, 3.05) is 5.32 Å². The van der Waals surface area contributed by atoms with E-state index in [2.05, 4.69) is 5.32 Å². The molecule has 0 heterocycles. The van der Waals surface area contributed by atoms with E-state index in [0.29, 0.717) is 17.7 Å². The number of hydrogen-bond donors (Lipinski definition) is 3. The number of hydrogen-bond acceptors (Lipinski definition) is 3. The fourth-order valence-electron chi connectivity index (χ4n) is 1.21. The van der Waals surface area contributed by atoms with Gasteiger partial charge in [-0.1, -0.05) is 25.1 Å². The van der Waals surface area contributed by atoms with Crippen LogP contribution in [0.5, 0.6) is 0 Å². The Morgan fingerprint density at radius 3 is 2.69 bits per heavy atom. The molecule has 0 aromatic heterocycles. The number of amides is 1. The molecule has 88 valence electrons. The van der Waals surface area contributed by atoms with Crippen molar-refractivity contribution in [3.8, 4) is 0 Å². The van der Waals surface area contributed by atoms with E-state index < -0.39 is 5.54 Å². The van der Waals surface area contributed by atoms with Crippen molar-refractivity contribution >= 4 is 11.6 Å². The van der Waals surface area contributed by atoms with E-state index in [1.54, 1.807) is 25.1 Å². The van der Waals surface area contributed by atoms with Crippen LogP contribution in [0.3, 0.4) is 0 Å². The molecule has 1 amide bonds. The number of para-hydroxylation sites is 1. The van der Waals surface area contributed by atoms with E-state index in [1.165, 1.54) is 0 Å². The summed E-state index contributed by atoms with van der Waals surface area (Å²) in [7, 11) is 0. The molecule has 4 N–H and O–H groups in total. The van der Waals surface area contributed by atoms with Crippen LogP contribution in [0.15, 0.2) is 24.3 Å². The summed E-state index contributed by atoms with van der Waals surface area (Å²) in [5, 5.41) is 11.8. The van der Waals surface area contributed by atoms with Gasteiger partial charge < -0.3 is 16.2 Å². The minimum Gasteiger partial charge on any atom is -0.392 e. The van der Waals surface area contributed by atoms with Gasteiger partial charge in [0, 0.05) is 11.3 Å². The number of aliphatic hydroxyl groups excluding tert-OH is 1. The van der Waals surface area contributed by atoms with Crippen molar-refractivity contribution in [2.45, 2.75) is 32.4 Å². The first-order valence-electron chi connectivity index (χ1n) is 5.30. The van der Waals surface area contributed by atoms with Crippen molar-refractivity contribution in [2.24, 2.45) is 5.73 Å². The van der Waals surface area contributed by atoms with Crippen LogP contribution in [0.25, 0.3) is 0 Å². The average molecular weight is 222 g/mol. The molecule has 1 rings (SSSR count). The second-order valence-electron chi connectivity index (χ2n) is 4.04. The Hall–Kier alpha value is -1.39. The number of nitrogens with one attached hydrogen (secondary N) is 1. The van der Waals surface area contributed by atoms with Gasteiger partial charge in [-0.05, 0) is 19.4 Å². The van der Waals surface area contributed by atoms with Gasteiger partial charge in [-0.25, -0.2) is 0 Å². The van der Waals surface area contributed by atoms with E-state index in [-0.39, 0.29) is 12.5 Å². The Morgan fingerprint density at radius 1 is 1.50 bits per heavy atom. The minimum absolute atomic E-state index is 0.107. The van der Waals surface area contributed by atoms with Gasteiger partial charge in [-0.3, -0.25) is 4.79 Å². The van der Waals surface area contributed by atoms with Crippen LogP contribution in [0.4, 0.5) is 5.69 Å². The Balaban J connectivity index is 2.85. The third-order valence-electron chi connectivity index (χ3n) is 2.69. The van der Waals surface area contributed by atoms with E-state index in [1.807, 2.05) is 13.0 Å². The number of carbonyl (C=O) groups is 1. The largest absolute Gasteiger partial charge is 0.392 e. The smallest absolute Gasteiger partial charge is 0.244 e. The predicted octanol–water partition coefficient (Wildman–Crippen LogP) is 1.24. The van der Waals surface area contributed by atoms with E-state index >= 15 is 0 Å². The van der Waals surface area contributed by atoms with Gasteiger partial charge in [0.1, 0.15) is 0 Å². The predicted molar refractivity (Wildman–Crippen MR) is 63.9 cm³/mol. The summed E-state index contributed by atoms with van der Waals surface area (Å²) >= 11 is 0. The number of nitrogens with two attached hydrogens (primary N) is 1. The van der Waals surface area contributed by atoms with Gasteiger partial charge >= 0.3 is 0 Å². The van der Waals surface area contributed by atoms with Crippen LogP contribution in [0.1, 0.15) is 25.8 Å². The standard InChI is InChI=1S/C12H18N2O2/c1-3-12(2,13)11(16)14-10-7-5-4-6-9(10)8-15/h4-7,15H,3,8,13H2,1-2H3,(H,14,16). The lowest BCUT2D eigenvalue weighted by atomic mass is 9.99. The van der Waals surface area contributed by atoms with Crippen molar-refractivity contribution in [1.82, 2.24) is 0 Å². The quantitative estimate of drug-likeness (QED) is 0.717. The van der Waals surface area contributed by atoms with E-state index in [4.69, 9.17) is 10.8 Å². The highest BCUT2D eigenvalue weighted by Crippen LogP contribution is 2.17. The summed E-state index contributed by atoms with van der Waals surface area (Å²) in [4.78, 5) is 11.8. The molecule has 0 spiro atoms. The van der Waals surface area contributed by atoms with Crippen LogP contribution in [0.2, 0.25) is 0 Å². The zero-order valence-corrected chi connectivity index (χ0v) is 9.66. The number of rotatable bonds is 4. The van der Waals surface area contributed by atoms with E-state index in [0.717, 1.165) is 0 Å². The molecular weight excluding hydrogens is 204 g/mol. The van der Waals surface area contributed by atoms with Gasteiger partial charge in [0.05, 0.1) is 12.1 Å². The van der Waals surface area contributed by atoms with Crippen molar-refractivity contribution in [3.05, 3.63) is 29.8 Å². The Morgan fingerprint density at radius 2 is 2.12 bits per heavy atom. The maximum Gasteiger partial charge on any atom is 0.244 e. The first-order chi connectivity index (χ1) is 7.51. The third kappa shape index (κ3) is 2.81. The van der Waals surface area contributed by atoms with E-state index in [9.17, 15) is 4.79 Å². The highest BCUT2D eigenvalue weighted by Gasteiger charge is 2.26. The molecule has 0 radical (unpaired) electrons. The molecule has 4 nitrogen and oxygen atoms in total. The number of benzene rings is 1. The van der Waals surface area contributed by atoms with Crippen molar-refractivity contribution in [3.63, 3.8) is 0 Å². The first kappa shape index (κ1) is 12.7. The molecule has 0 aliphatic heterocycles. The molecule has 0 saturated heterocycles. The molecule has 0 bridgehead atoms. The van der Waals surface area contributed by atoms with Gasteiger partial charge in [0.15, 0.2) is 0 Å². The monoisotopic (exact) mass is 222 g/mol. The lowest BCUT2D eigenvalue weighted by Gasteiger charge is -2.22. The maximum absolute atomic E-state index is 11.8. The number of anilines is 1. The van der Waals surface area contributed by atoms with Crippen molar-refractivity contribution < 1.29 is 9.90 Å². The molecule has 4 heteroatoms. The molecule has 1 unspecified atom stereocenters. The normalized spacial score (nSPS) is 14.2. The summed E-state index contributed by atoms with van der Waals surface area (Å²) in [5.41, 5.74) is 6.23. The minimum atomic E-state index is -0.886. The molecule has 1 atom stereocenters. The lowest BCUT2D eigenvalue weighted by molar-refractivity contribution is -0.120. The molecule has 16 heavy (non-hydrogen) atoms. The highest BCUT2D eigenvalue weighted by molar-refractivity contribution is 5.98. The summed E-state index contributed by atoms with van der Waals surface area (Å²) in [6.07, 6.45) is 0.556. The maximum atomic E-state index is 11.8. The fourth-order valence-corrected chi connectivity index (χ4v) is 1.21. The fraction of sp³-hybridized carbons (Fsp3) is 0.417. The molecule has 0 aliphatic rings. The summed E-state index contributed by atoms with van der Waals surface area (Å²) in [6.45, 7) is 3.44. The summed E-state index contributed by atoms with van der Waals surface area (Å²) < 4.78 is 0. The number of aliphatic hydroxyl groups is 1. The highest BCUT2D eigenvalue weighted by atomic mass is 16.3. The van der Waals surface area contributed by atoms with Crippen LogP contribution in [-0.4, -0.2) is 16.6 Å². The molecular formula is C12H18N2O2. The second kappa shape index (κ2) is 5.09. The second-order valence-corrected chi connectivity index (χ2v) is 4.04. The zero-order chi connectivity index (χ0) is 12.2. The Bertz CT molecular complexity index is 375. The molecule has 0 fully saturated rings.